The van der Waals surface area contributed by atoms with Crippen LogP contribution in [0.5, 0.6) is 5.75 Å². The average Bonchev–Trinajstić information content (AvgIpc) is 2.96. The first-order chi connectivity index (χ1) is 10.6. The number of pyridine rings is 1. The molecule has 2 heterocycles. The molecule has 0 spiro atoms. The SMILES string of the molecule is COc1cccc(S(=O)(=O)NCc2cc3ccccn3n2)c1. The highest BCUT2D eigenvalue weighted by molar-refractivity contribution is 7.89. The van der Waals surface area contributed by atoms with Gasteiger partial charge in [-0.1, -0.05) is 12.1 Å². The number of nitrogens with one attached hydrogen (secondary N) is 1. The van der Waals surface area contributed by atoms with Gasteiger partial charge in [0.05, 0.1) is 29.8 Å². The van der Waals surface area contributed by atoms with E-state index in [1.807, 2.05) is 30.5 Å². The molecule has 0 atom stereocenters. The Morgan fingerprint density at radius 2 is 2.05 bits per heavy atom. The van der Waals surface area contributed by atoms with Crippen molar-refractivity contribution in [2.45, 2.75) is 11.4 Å². The molecule has 0 amide bonds. The number of methoxy groups -OCH3 is 1. The Labute approximate surface area is 128 Å². The molecule has 22 heavy (non-hydrogen) atoms. The maximum atomic E-state index is 12.3. The fraction of sp³-hybridized carbons (Fsp3) is 0.133. The van der Waals surface area contributed by atoms with E-state index < -0.39 is 10.0 Å². The van der Waals surface area contributed by atoms with Crippen molar-refractivity contribution in [2.75, 3.05) is 7.11 Å². The molecule has 3 rings (SSSR count). The maximum Gasteiger partial charge on any atom is 0.241 e. The van der Waals surface area contributed by atoms with E-state index in [2.05, 4.69) is 9.82 Å². The molecule has 2 aromatic heterocycles. The third-order valence-electron chi connectivity index (χ3n) is 3.22. The zero-order chi connectivity index (χ0) is 15.6. The largest absolute Gasteiger partial charge is 0.497 e. The third kappa shape index (κ3) is 2.95. The zero-order valence-electron chi connectivity index (χ0n) is 11.9. The van der Waals surface area contributed by atoms with E-state index in [1.54, 1.807) is 16.6 Å². The minimum absolute atomic E-state index is 0.126. The minimum Gasteiger partial charge on any atom is -0.497 e. The predicted molar refractivity (Wildman–Crippen MR) is 82.2 cm³/mol. The summed E-state index contributed by atoms with van der Waals surface area (Å²) >= 11 is 0. The number of rotatable bonds is 5. The lowest BCUT2D eigenvalue weighted by atomic mass is 10.3. The van der Waals surface area contributed by atoms with E-state index in [9.17, 15) is 8.42 Å². The molecule has 0 fully saturated rings. The molecule has 1 aromatic carbocycles. The molecule has 0 bridgehead atoms. The Hall–Kier alpha value is -2.38. The summed E-state index contributed by atoms with van der Waals surface area (Å²) in [5.74, 6) is 0.496. The van der Waals surface area contributed by atoms with Crippen molar-refractivity contribution >= 4 is 15.5 Å². The van der Waals surface area contributed by atoms with Gasteiger partial charge in [-0.05, 0) is 30.3 Å². The summed E-state index contributed by atoms with van der Waals surface area (Å²) in [5, 5.41) is 4.31. The van der Waals surface area contributed by atoms with E-state index in [1.165, 1.54) is 19.2 Å². The first-order valence-corrected chi connectivity index (χ1v) is 8.14. The van der Waals surface area contributed by atoms with E-state index >= 15 is 0 Å². The van der Waals surface area contributed by atoms with Gasteiger partial charge in [-0.3, -0.25) is 0 Å². The maximum absolute atomic E-state index is 12.3. The Morgan fingerprint density at radius 3 is 2.82 bits per heavy atom. The molecule has 0 unspecified atom stereocenters. The number of hydrogen-bond donors (Lipinski definition) is 1. The molecule has 0 radical (unpaired) electrons. The number of aromatic nitrogens is 2. The average molecular weight is 317 g/mol. The molecule has 0 aliphatic carbocycles. The molecule has 114 valence electrons. The molecule has 0 saturated carbocycles. The number of benzene rings is 1. The number of hydrogen-bond acceptors (Lipinski definition) is 4. The van der Waals surface area contributed by atoms with E-state index in [0.717, 1.165) is 5.52 Å². The van der Waals surface area contributed by atoms with Crippen LogP contribution in [0.15, 0.2) is 59.6 Å². The summed E-state index contributed by atoms with van der Waals surface area (Å²) < 4.78 is 33.9. The monoisotopic (exact) mass is 317 g/mol. The summed E-state index contributed by atoms with van der Waals surface area (Å²) in [4.78, 5) is 0.163. The first kappa shape index (κ1) is 14.6. The Kier molecular flexibility index (Phi) is 3.82. The Bertz CT molecular complexity index is 870. The van der Waals surface area contributed by atoms with Crippen LogP contribution in [0.2, 0.25) is 0 Å². The van der Waals surface area contributed by atoms with Gasteiger partial charge >= 0.3 is 0 Å². The second-order valence-electron chi connectivity index (χ2n) is 4.71. The second kappa shape index (κ2) is 5.78. The van der Waals surface area contributed by atoms with E-state index in [4.69, 9.17) is 4.74 Å². The van der Waals surface area contributed by atoms with Gasteiger partial charge in [0.15, 0.2) is 0 Å². The molecular weight excluding hydrogens is 302 g/mol. The predicted octanol–water partition coefficient (Wildman–Crippen LogP) is 1.82. The van der Waals surface area contributed by atoms with E-state index in [0.29, 0.717) is 11.4 Å². The van der Waals surface area contributed by atoms with Crippen LogP contribution < -0.4 is 9.46 Å². The van der Waals surface area contributed by atoms with Crippen molar-refractivity contribution in [3.05, 3.63) is 60.4 Å². The van der Waals surface area contributed by atoms with E-state index in [-0.39, 0.29) is 11.4 Å². The molecule has 0 aliphatic heterocycles. The van der Waals surface area contributed by atoms with Gasteiger partial charge < -0.3 is 4.74 Å². The topological polar surface area (TPSA) is 72.7 Å². The highest BCUT2D eigenvalue weighted by Crippen LogP contribution is 2.17. The molecule has 0 aliphatic rings. The Morgan fingerprint density at radius 1 is 1.18 bits per heavy atom. The zero-order valence-corrected chi connectivity index (χ0v) is 12.7. The lowest BCUT2D eigenvalue weighted by Gasteiger charge is -2.06. The van der Waals surface area contributed by atoms with Crippen molar-refractivity contribution in [2.24, 2.45) is 0 Å². The summed E-state index contributed by atoms with van der Waals surface area (Å²) in [7, 11) is -2.11. The molecule has 1 N–H and O–H groups in total. The standard InChI is InChI=1S/C15H15N3O3S/c1-21-14-6-4-7-15(10-14)22(19,20)16-11-12-9-13-5-2-3-8-18(13)17-12/h2-10,16H,11H2,1H3. The number of fused-ring (bicyclic) bond motifs is 1. The van der Waals surface area contributed by atoms with Crippen LogP contribution in [0.1, 0.15) is 5.69 Å². The van der Waals surface area contributed by atoms with Crippen LogP contribution in [0.4, 0.5) is 0 Å². The molecule has 6 nitrogen and oxygen atoms in total. The summed E-state index contributed by atoms with van der Waals surface area (Å²) in [6, 6.07) is 13.9. The molecule has 3 aromatic rings. The van der Waals surface area contributed by atoms with Crippen LogP contribution >= 0.6 is 0 Å². The normalized spacial score (nSPS) is 11.7. The highest BCUT2D eigenvalue weighted by atomic mass is 32.2. The third-order valence-corrected chi connectivity index (χ3v) is 4.61. The van der Waals surface area contributed by atoms with Crippen molar-refractivity contribution in [3.8, 4) is 5.75 Å². The van der Waals surface area contributed by atoms with Crippen molar-refractivity contribution in [3.63, 3.8) is 0 Å². The Balaban J connectivity index is 1.79. The first-order valence-electron chi connectivity index (χ1n) is 6.65. The van der Waals surface area contributed by atoms with Gasteiger partial charge in [0.1, 0.15) is 5.75 Å². The number of sulfonamides is 1. The fourth-order valence-corrected chi connectivity index (χ4v) is 3.13. The van der Waals surface area contributed by atoms with Gasteiger partial charge in [-0.15, -0.1) is 0 Å². The highest BCUT2D eigenvalue weighted by Gasteiger charge is 2.15. The number of ether oxygens (including phenoxy) is 1. The lowest BCUT2D eigenvalue weighted by Crippen LogP contribution is -2.23. The molecular formula is C15H15N3O3S. The van der Waals surface area contributed by atoms with Crippen LogP contribution in [-0.4, -0.2) is 25.1 Å². The van der Waals surface area contributed by atoms with Crippen LogP contribution in [0, 0.1) is 0 Å². The van der Waals surface area contributed by atoms with Crippen LogP contribution in [0.3, 0.4) is 0 Å². The summed E-state index contributed by atoms with van der Waals surface area (Å²) in [5.41, 5.74) is 1.57. The van der Waals surface area contributed by atoms with Crippen LogP contribution in [-0.2, 0) is 16.6 Å². The van der Waals surface area contributed by atoms with Gasteiger partial charge in [0.25, 0.3) is 0 Å². The fourth-order valence-electron chi connectivity index (χ4n) is 2.10. The van der Waals surface area contributed by atoms with Crippen molar-refractivity contribution in [1.82, 2.24) is 14.3 Å². The summed E-state index contributed by atoms with van der Waals surface area (Å²) in [6.07, 6.45) is 1.81. The summed E-state index contributed by atoms with van der Waals surface area (Å²) in [6.45, 7) is 0.126. The lowest BCUT2D eigenvalue weighted by molar-refractivity contribution is 0.413. The smallest absolute Gasteiger partial charge is 0.241 e. The van der Waals surface area contributed by atoms with Gasteiger partial charge in [-0.25, -0.2) is 17.7 Å². The van der Waals surface area contributed by atoms with Gasteiger partial charge in [0.2, 0.25) is 10.0 Å². The molecule has 7 heteroatoms. The second-order valence-corrected chi connectivity index (χ2v) is 6.48. The van der Waals surface area contributed by atoms with Crippen LogP contribution in [0.25, 0.3) is 5.52 Å². The van der Waals surface area contributed by atoms with Crippen molar-refractivity contribution < 1.29 is 13.2 Å². The quantitative estimate of drug-likeness (QED) is 0.779. The minimum atomic E-state index is -3.61. The molecule has 0 saturated heterocycles. The van der Waals surface area contributed by atoms with Crippen molar-refractivity contribution in [1.29, 1.82) is 0 Å². The number of nitrogens with zero attached hydrogens (tertiary/aromatic N) is 2. The van der Waals surface area contributed by atoms with Gasteiger partial charge in [0, 0.05) is 12.3 Å². The van der Waals surface area contributed by atoms with Gasteiger partial charge in [-0.2, -0.15) is 5.10 Å².